The maximum atomic E-state index is 14.3. The highest BCUT2D eigenvalue weighted by molar-refractivity contribution is 5.10. The van der Waals surface area contributed by atoms with Crippen molar-refractivity contribution in [2.24, 2.45) is 0 Å². The normalized spacial score (nSPS) is 18.6. The molecule has 15 heteroatoms. The van der Waals surface area contributed by atoms with E-state index in [1.807, 2.05) is 0 Å². The molecule has 0 amide bonds. The molecule has 0 unspecified atom stereocenters. The Morgan fingerprint density at radius 3 is 1.41 bits per heavy atom. The van der Waals surface area contributed by atoms with Crippen LogP contribution in [-0.4, -0.2) is 48.1 Å². The standard InChI is InChI=1S/C12H10F13NO/c13-6(7(14)15)8(16,17)27-9(10(18,19)20,11(21,22)23)12(24,25)26-4-2-1-3-5-26/h1-5H2. The second-order valence-corrected chi connectivity index (χ2v) is 5.46. The zero-order valence-electron chi connectivity index (χ0n) is 12.8. The van der Waals surface area contributed by atoms with Crippen LogP contribution in [0.4, 0.5) is 57.1 Å². The van der Waals surface area contributed by atoms with Crippen molar-refractivity contribution in [3.63, 3.8) is 0 Å². The number of alkyl halides is 10. The molecule has 1 rings (SSSR count). The van der Waals surface area contributed by atoms with E-state index in [1.54, 1.807) is 0 Å². The minimum Gasteiger partial charge on any atom is -0.283 e. The number of nitrogens with zero attached hydrogens (tertiary/aromatic N) is 1. The number of hydrogen-bond acceptors (Lipinski definition) is 2. The van der Waals surface area contributed by atoms with Gasteiger partial charge in [-0.15, -0.1) is 0 Å². The van der Waals surface area contributed by atoms with E-state index in [9.17, 15) is 57.1 Å². The van der Waals surface area contributed by atoms with Gasteiger partial charge in [0.05, 0.1) is 0 Å². The third-order valence-electron chi connectivity index (χ3n) is 3.68. The highest BCUT2D eigenvalue weighted by atomic mass is 19.4. The van der Waals surface area contributed by atoms with E-state index in [4.69, 9.17) is 0 Å². The lowest BCUT2D eigenvalue weighted by Gasteiger charge is -2.47. The van der Waals surface area contributed by atoms with E-state index in [-0.39, 0.29) is 19.3 Å². The molecule has 27 heavy (non-hydrogen) atoms. The van der Waals surface area contributed by atoms with Crippen LogP contribution < -0.4 is 0 Å². The Bertz CT molecular complexity index is 541. The molecular formula is C12H10F13NO. The number of ether oxygens (including phenoxy) is 1. The number of rotatable bonds is 5. The summed E-state index contributed by atoms with van der Waals surface area (Å²) < 4.78 is 173. The van der Waals surface area contributed by atoms with Crippen molar-refractivity contribution in [2.45, 2.75) is 49.4 Å². The maximum Gasteiger partial charge on any atom is 0.434 e. The van der Waals surface area contributed by atoms with Gasteiger partial charge < -0.3 is 0 Å². The molecule has 160 valence electrons. The molecular weight excluding hydrogens is 421 g/mol. The van der Waals surface area contributed by atoms with Gasteiger partial charge in [0.2, 0.25) is 0 Å². The largest absolute Gasteiger partial charge is 0.434 e. The maximum absolute atomic E-state index is 14.3. The van der Waals surface area contributed by atoms with Crippen LogP contribution in [0, 0.1) is 0 Å². The molecule has 0 radical (unpaired) electrons. The summed E-state index contributed by atoms with van der Waals surface area (Å²) in [7, 11) is 0. The molecule has 0 N–H and O–H groups in total. The van der Waals surface area contributed by atoms with Gasteiger partial charge in [-0.2, -0.15) is 57.1 Å². The Morgan fingerprint density at radius 2 is 1.07 bits per heavy atom. The van der Waals surface area contributed by atoms with Crippen molar-refractivity contribution >= 4 is 0 Å². The van der Waals surface area contributed by atoms with Crippen LogP contribution in [0.3, 0.4) is 0 Å². The molecule has 0 aliphatic carbocycles. The molecule has 2 nitrogen and oxygen atoms in total. The molecule has 0 bridgehead atoms. The quantitative estimate of drug-likeness (QED) is 0.414. The number of halogens is 13. The Morgan fingerprint density at radius 1 is 0.667 bits per heavy atom. The van der Waals surface area contributed by atoms with Gasteiger partial charge in [0.15, 0.2) is 0 Å². The predicted molar refractivity (Wildman–Crippen MR) is 61.6 cm³/mol. The molecule has 0 aromatic carbocycles. The van der Waals surface area contributed by atoms with Crippen LogP contribution in [0.2, 0.25) is 0 Å². The number of likely N-dealkylation sites (tertiary alicyclic amines) is 1. The smallest absolute Gasteiger partial charge is 0.283 e. The van der Waals surface area contributed by atoms with E-state index in [1.165, 1.54) is 0 Å². The molecule has 1 aliphatic rings. The highest BCUT2D eigenvalue weighted by Gasteiger charge is 2.87. The van der Waals surface area contributed by atoms with Crippen LogP contribution in [0.25, 0.3) is 0 Å². The van der Waals surface area contributed by atoms with Gasteiger partial charge in [-0.1, -0.05) is 6.42 Å². The van der Waals surface area contributed by atoms with E-state index in [2.05, 4.69) is 4.74 Å². The lowest BCUT2D eigenvalue weighted by molar-refractivity contribution is -0.494. The van der Waals surface area contributed by atoms with Crippen LogP contribution in [0.5, 0.6) is 0 Å². The average Bonchev–Trinajstić information content (AvgIpc) is 2.50. The van der Waals surface area contributed by atoms with E-state index in [0.717, 1.165) is 0 Å². The summed E-state index contributed by atoms with van der Waals surface area (Å²) in [6.45, 7) is -2.13. The fraction of sp³-hybridized carbons (Fsp3) is 0.833. The highest BCUT2D eigenvalue weighted by Crippen LogP contribution is 2.58. The molecule has 1 aliphatic heterocycles. The summed E-state index contributed by atoms with van der Waals surface area (Å²) in [6.07, 6.45) is -25.7. The molecule has 0 saturated carbocycles. The first-order valence-electron chi connectivity index (χ1n) is 6.97. The Kier molecular flexibility index (Phi) is 6.43. The van der Waals surface area contributed by atoms with Gasteiger partial charge in [-0.3, -0.25) is 4.74 Å². The molecule has 0 aromatic rings. The molecule has 0 spiro atoms. The first-order valence-corrected chi connectivity index (χ1v) is 6.97. The van der Waals surface area contributed by atoms with Crippen LogP contribution >= 0.6 is 0 Å². The summed E-state index contributed by atoms with van der Waals surface area (Å²) >= 11 is 0. The second kappa shape index (κ2) is 7.29. The fourth-order valence-corrected chi connectivity index (χ4v) is 2.42. The van der Waals surface area contributed by atoms with Crippen molar-refractivity contribution in [1.29, 1.82) is 0 Å². The molecule has 0 atom stereocenters. The summed E-state index contributed by atoms with van der Waals surface area (Å²) in [5.41, 5.74) is -6.99. The van der Waals surface area contributed by atoms with Crippen molar-refractivity contribution in [3.8, 4) is 0 Å². The van der Waals surface area contributed by atoms with Gasteiger partial charge in [-0.05, 0) is 12.8 Å². The summed E-state index contributed by atoms with van der Waals surface area (Å²) in [5.74, 6) is -4.16. The van der Waals surface area contributed by atoms with Crippen molar-refractivity contribution in [3.05, 3.63) is 11.9 Å². The lowest BCUT2D eigenvalue weighted by atomic mass is 9.95. The minimum absolute atomic E-state index is 0.152. The monoisotopic (exact) mass is 431 g/mol. The molecule has 1 heterocycles. The molecule has 1 saturated heterocycles. The van der Waals surface area contributed by atoms with Gasteiger partial charge in [0.1, 0.15) is 0 Å². The Hall–Kier alpha value is -1.25. The number of hydrogen-bond donors (Lipinski definition) is 0. The fourth-order valence-electron chi connectivity index (χ4n) is 2.42. The van der Waals surface area contributed by atoms with Gasteiger partial charge in [-0.25, -0.2) is 4.90 Å². The third kappa shape index (κ3) is 4.12. The predicted octanol–water partition coefficient (Wildman–Crippen LogP) is 5.62. The van der Waals surface area contributed by atoms with Crippen LogP contribution in [0.1, 0.15) is 19.3 Å². The Labute approximate surface area is 142 Å². The van der Waals surface area contributed by atoms with Crippen LogP contribution in [0.15, 0.2) is 11.9 Å². The minimum atomic E-state index is -7.29. The van der Waals surface area contributed by atoms with Crippen molar-refractivity contribution < 1.29 is 61.8 Å². The average molecular weight is 431 g/mol. The Balaban J connectivity index is 3.69. The zero-order valence-corrected chi connectivity index (χ0v) is 12.8. The first-order chi connectivity index (χ1) is 11.9. The summed E-state index contributed by atoms with van der Waals surface area (Å²) in [4.78, 5) is -0.707. The third-order valence-corrected chi connectivity index (χ3v) is 3.68. The zero-order chi connectivity index (χ0) is 21.5. The van der Waals surface area contributed by atoms with Crippen molar-refractivity contribution in [2.75, 3.05) is 13.1 Å². The second-order valence-electron chi connectivity index (χ2n) is 5.46. The van der Waals surface area contributed by atoms with E-state index in [0.29, 0.717) is 0 Å². The summed E-state index contributed by atoms with van der Waals surface area (Å²) in [5, 5.41) is 0. The summed E-state index contributed by atoms with van der Waals surface area (Å²) in [6, 6.07) is -6.22. The van der Waals surface area contributed by atoms with E-state index < -0.39 is 60.0 Å². The number of piperidine rings is 1. The van der Waals surface area contributed by atoms with Crippen LogP contribution in [-0.2, 0) is 4.74 Å². The SMILES string of the molecule is FC(F)=C(F)C(F)(F)OC(C(F)(F)F)(C(F)(F)F)C(F)(F)N1CCCCC1. The van der Waals surface area contributed by atoms with Gasteiger partial charge >= 0.3 is 36.2 Å². The van der Waals surface area contributed by atoms with E-state index >= 15 is 0 Å². The molecule has 1 fully saturated rings. The van der Waals surface area contributed by atoms with Crippen molar-refractivity contribution in [1.82, 2.24) is 4.90 Å². The first kappa shape index (κ1) is 23.8. The lowest BCUT2D eigenvalue weighted by Crippen LogP contribution is -2.75. The van der Waals surface area contributed by atoms with Gasteiger partial charge in [0.25, 0.3) is 5.83 Å². The van der Waals surface area contributed by atoms with Gasteiger partial charge in [0, 0.05) is 13.1 Å². The topological polar surface area (TPSA) is 12.5 Å². The molecule has 0 aromatic heterocycles.